The van der Waals surface area contributed by atoms with Crippen LogP contribution in [0.3, 0.4) is 0 Å². The van der Waals surface area contributed by atoms with E-state index in [2.05, 4.69) is 40.5 Å². The highest BCUT2D eigenvalue weighted by molar-refractivity contribution is 5.14. The van der Waals surface area contributed by atoms with Gasteiger partial charge in [0.25, 0.3) is 0 Å². The van der Waals surface area contributed by atoms with Crippen molar-refractivity contribution in [2.24, 2.45) is 0 Å². The molecular formula is C14H22N2O. The van der Waals surface area contributed by atoms with E-state index in [-0.39, 0.29) is 6.61 Å². The first kappa shape index (κ1) is 12.6. The summed E-state index contributed by atoms with van der Waals surface area (Å²) >= 11 is 0. The van der Waals surface area contributed by atoms with Crippen LogP contribution in [0, 0.1) is 0 Å². The Morgan fingerprint density at radius 2 is 2.12 bits per heavy atom. The minimum Gasteiger partial charge on any atom is -0.395 e. The summed E-state index contributed by atoms with van der Waals surface area (Å²) in [4.78, 5) is 2.54. The summed E-state index contributed by atoms with van der Waals surface area (Å²) in [6.07, 6.45) is 2.56. The topological polar surface area (TPSA) is 35.5 Å². The van der Waals surface area contributed by atoms with Crippen molar-refractivity contribution in [2.45, 2.75) is 25.4 Å². The molecule has 0 radical (unpaired) electrons. The van der Waals surface area contributed by atoms with E-state index in [1.165, 1.54) is 24.9 Å². The molecule has 1 heterocycles. The van der Waals surface area contributed by atoms with Crippen LogP contribution < -0.4 is 5.32 Å². The molecule has 2 rings (SSSR count). The monoisotopic (exact) mass is 234 g/mol. The van der Waals surface area contributed by atoms with Gasteiger partial charge in [0, 0.05) is 25.7 Å². The maximum atomic E-state index is 8.77. The molecule has 17 heavy (non-hydrogen) atoms. The van der Waals surface area contributed by atoms with E-state index in [9.17, 15) is 0 Å². The zero-order chi connectivity index (χ0) is 11.9. The number of benzene rings is 1. The van der Waals surface area contributed by atoms with Gasteiger partial charge in [0.1, 0.15) is 0 Å². The molecule has 3 heteroatoms. The maximum Gasteiger partial charge on any atom is 0.0555 e. The van der Waals surface area contributed by atoms with Gasteiger partial charge in [0.2, 0.25) is 0 Å². The van der Waals surface area contributed by atoms with E-state index >= 15 is 0 Å². The van der Waals surface area contributed by atoms with E-state index in [1.807, 2.05) is 0 Å². The van der Waals surface area contributed by atoms with Gasteiger partial charge >= 0.3 is 0 Å². The summed E-state index contributed by atoms with van der Waals surface area (Å²) in [7, 11) is 0. The van der Waals surface area contributed by atoms with Crippen molar-refractivity contribution in [3.05, 3.63) is 35.9 Å². The van der Waals surface area contributed by atoms with Crippen molar-refractivity contribution in [3.8, 4) is 0 Å². The molecule has 1 aromatic carbocycles. The average molecular weight is 234 g/mol. The van der Waals surface area contributed by atoms with Crippen molar-refractivity contribution in [3.63, 3.8) is 0 Å². The second kappa shape index (κ2) is 6.74. The Bertz CT molecular complexity index is 315. The van der Waals surface area contributed by atoms with Crippen molar-refractivity contribution in [2.75, 3.05) is 26.2 Å². The smallest absolute Gasteiger partial charge is 0.0555 e. The number of hydrogen-bond acceptors (Lipinski definition) is 3. The lowest BCUT2D eigenvalue weighted by Crippen LogP contribution is -2.38. The van der Waals surface area contributed by atoms with Gasteiger partial charge in [-0.15, -0.1) is 0 Å². The summed E-state index contributed by atoms with van der Waals surface area (Å²) in [5, 5.41) is 12.1. The SMILES string of the molecule is OCCNCC1CCCN1Cc1ccccc1. The molecule has 1 aliphatic heterocycles. The third kappa shape index (κ3) is 3.80. The van der Waals surface area contributed by atoms with Crippen molar-refractivity contribution in [1.82, 2.24) is 10.2 Å². The molecule has 0 saturated carbocycles. The van der Waals surface area contributed by atoms with Gasteiger partial charge in [-0.25, -0.2) is 0 Å². The zero-order valence-electron chi connectivity index (χ0n) is 10.3. The Hall–Kier alpha value is -0.900. The van der Waals surface area contributed by atoms with Gasteiger partial charge < -0.3 is 10.4 Å². The van der Waals surface area contributed by atoms with Gasteiger partial charge in [0.05, 0.1) is 6.61 Å². The van der Waals surface area contributed by atoms with Crippen molar-refractivity contribution >= 4 is 0 Å². The number of aliphatic hydroxyl groups excluding tert-OH is 1. The van der Waals surface area contributed by atoms with Crippen LogP contribution in [0.25, 0.3) is 0 Å². The molecular weight excluding hydrogens is 212 g/mol. The lowest BCUT2D eigenvalue weighted by atomic mass is 10.2. The Morgan fingerprint density at radius 3 is 2.88 bits per heavy atom. The number of nitrogens with one attached hydrogen (secondary N) is 1. The predicted octanol–water partition coefficient (Wildman–Crippen LogP) is 1.23. The minimum absolute atomic E-state index is 0.228. The first-order valence-corrected chi connectivity index (χ1v) is 6.49. The highest BCUT2D eigenvalue weighted by Crippen LogP contribution is 2.19. The van der Waals surface area contributed by atoms with E-state index < -0.39 is 0 Å². The van der Waals surface area contributed by atoms with Gasteiger partial charge in [-0.3, -0.25) is 4.90 Å². The molecule has 0 aromatic heterocycles. The molecule has 1 saturated heterocycles. The second-order valence-corrected chi connectivity index (χ2v) is 4.68. The summed E-state index contributed by atoms with van der Waals surface area (Å²) in [6, 6.07) is 11.3. The molecule has 1 aliphatic rings. The normalized spacial score (nSPS) is 20.9. The first-order valence-electron chi connectivity index (χ1n) is 6.49. The summed E-state index contributed by atoms with van der Waals surface area (Å²) in [5.41, 5.74) is 1.39. The fourth-order valence-electron chi connectivity index (χ4n) is 2.50. The Labute approximate surface area is 103 Å². The van der Waals surface area contributed by atoms with E-state index in [4.69, 9.17) is 5.11 Å². The highest BCUT2D eigenvalue weighted by atomic mass is 16.3. The molecule has 0 aliphatic carbocycles. The molecule has 1 fully saturated rings. The van der Waals surface area contributed by atoms with Gasteiger partial charge in [0.15, 0.2) is 0 Å². The number of aliphatic hydroxyl groups is 1. The number of rotatable bonds is 6. The second-order valence-electron chi connectivity index (χ2n) is 4.68. The Morgan fingerprint density at radius 1 is 1.29 bits per heavy atom. The highest BCUT2D eigenvalue weighted by Gasteiger charge is 2.23. The summed E-state index contributed by atoms with van der Waals surface area (Å²) < 4.78 is 0. The molecule has 0 spiro atoms. The average Bonchev–Trinajstić information content (AvgIpc) is 2.79. The lowest BCUT2D eigenvalue weighted by molar-refractivity contribution is 0.230. The van der Waals surface area contributed by atoms with Crippen LogP contribution >= 0.6 is 0 Å². The lowest BCUT2D eigenvalue weighted by Gasteiger charge is -2.24. The first-order chi connectivity index (χ1) is 8.40. The standard InChI is InChI=1S/C14H22N2O/c17-10-8-15-11-14-7-4-9-16(14)12-13-5-2-1-3-6-13/h1-3,5-6,14-15,17H,4,7-12H2. The zero-order valence-corrected chi connectivity index (χ0v) is 10.3. The molecule has 0 bridgehead atoms. The molecule has 1 aromatic rings. The summed E-state index contributed by atoms with van der Waals surface area (Å²) in [6.45, 7) is 4.17. The molecule has 0 amide bonds. The molecule has 1 unspecified atom stereocenters. The fourth-order valence-corrected chi connectivity index (χ4v) is 2.50. The van der Waals surface area contributed by atoms with Gasteiger partial charge in [-0.05, 0) is 24.9 Å². The fraction of sp³-hybridized carbons (Fsp3) is 0.571. The number of nitrogens with zero attached hydrogens (tertiary/aromatic N) is 1. The van der Waals surface area contributed by atoms with Crippen LogP contribution in [-0.4, -0.2) is 42.3 Å². The Kier molecular flexibility index (Phi) is 4.98. The molecule has 3 nitrogen and oxygen atoms in total. The maximum absolute atomic E-state index is 8.77. The van der Waals surface area contributed by atoms with E-state index in [0.717, 1.165) is 13.1 Å². The number of likely N-dealkylation sites (tertiary alicyclic amines) is 1. The van der Waals surface area contributed by atoms with Crippen LogP contribution in [0.2, 0.25) is 0 Å². The van der Waals surface area contributed by atoms with Crippen LogP contribution in [0.4, 0.5) is 0 Å². The third-order valence-electron chi connectivity index (χ3n) is 3.40. The third-order valence-corrected chi connectivity index (χ3v) is 3.40. The van der Waals surface area contributed by atoms with E-state index in [0.29, 0.717) is 12.6 Å². The molecule has 2 N–H and O–H groups in total. The quantitative estimate of drug-likeness (QED) is 0.727. The van der Waals surface area contributed by atoms with Gasteiger partial charge in [-0.1, -0.05) is 30.3 Å². The van der Waals surface area contributed by atoms with Crippen LogP contribution in [-0.2, 0) is 6.54 Å². The molecule has 1 atom stereocenters. The van der Waals surface area contributed by atoms with Crippen LogP contribution in [0.15, 0.2) is 30.3 Å². The van der Waals surface area contributed by atoms with Crippen LogP contribution in [0.1, 0.15) is 18.4 Å². The largest absolute Gasteiger partial charge is 0.395 e. The van der Waals surface area contributed by atoms with Crippen molar-refractivity contribution in [1.29, 1.82) is 0 Å². The van der Waals surface area contributed by atoms with Crippen molar-refractivity contribution < 1.29 is 5.11 Å². The summed E-state index contributed by atoms with van der Waals surface area (Å²) in [5.74, 6) is 0. The van der Waals surface area contributed by atoms with Crippen LogP contribution in [0.5, 0.6) is 0 Å². The Balaban J connectivity index is 1.82. The number of hydrogen-bond donors (Lipinski definition) is 2. The minimum atomic E-state index is 0.228. The van der Waals surface area contributed by atoms with Gasteiger partial charge in [-0.2, -0.15) is 0 Å². The molecule has 94 valence electrons. The van der Waals surface area contributed by atoms with E-state index in [1.54, 1.807) is 0 Å². The predicted molar refractivity (Wildman–Crippen MR) is 69.8 cm³/mol.